The summed E-state index contributed by atoms with van der Waals surface area (Å²) in [6.45, 7) is -9.90. The molecule has 3 aliphatic heterocycles. The van der Waals surface area contributed by atoms with Crippen LogP contribution in [-0.2, 0) is 43.9 Å². The SMILES string of the molecule is Nc1ccc2c(=O)n(C3OC4COP(=O)(S)OC5C(O)C(COP(O)(=S)OC4C3O)OC5n3cnc4c(=O)[nH]c(N)nc43)c[nH+]c2n1. The number of H-pyrrole nitrogens is 2. The van der Waals surface area contributed by atoms with Crippen LogP contribution in [-0.4, -0.2) is 94.0 Å². The Morgan fingerprint density at radius 3 is 2.55 bits per heavy atom. The van der Waals surface area contributed by atoms with E-state index in [-0.39, 0.29) is 34.0 Å². The van der Waals surface area contributed by atoms with Gasteiger partial charge in [-0.05, 0) is 23.9 Å². The number of nitrogens with two attached hydrogens (primary N) is 2. The smallest absolute Gasteiger partial charge is 0.386 e. The highest BCUT2D eigenvalue weighted by molar-refractivity contribution is 8.44. The van der Waals surface area contributed by atoms with E-state index in [1.165, 1.54) is 29.4 Å². The number of ether oxygens (including phenoxy) is 2. The van der Waals surface area contributed by atoms with Gasteiger partial charge in [0.1, 0.15) is 42.0 Å². The molecule has 3 aliphatic rings. The highest BCUT2D eigenvalue weighted by atomic mass is 32.7. The van der Waals surface area contributed by atoms with Crippen molar-refractivity contribution in [1.82, 2.24) is 29.1 Å². The van der Waals surface area contributed by atoms with Crippen molar-refractivity contribution < 1.29 is 52.2 Å². The fourth-order valence-corrected chi connectivity index (χ4v) is 8.42. The molecular formula is C22H26N9O12P2S2+. The predicted molar refractivity (Wildman–Crippen MR) is 164 cm³/mol. The van der Waals surface area contributed by atoms with Gasteiger partial charge in [-0.15, -0.1) is 0 Å². The van der Waals surface area contributed by atoms with Crippen LogP contribution in [0.15, 0.2) is 34.4 Å². The molecule has 7 heterocycles. The minimum atomic E-state index is -4.42. The zero-order valence-electron chi connectivity index (χ0n) is 23.5. The van der Waals surface area contributed by atoms with Gasteiger partial charge < -0.3 is 40.6 Å². The van der Waals surface area contributed by atoms with Gasteiger partial charge in [0.15, 0.2) is 23.7 Å². The molecule has 0 radical (unpaired) electrons. The van der Waals surface area contributed by atoms with Gasteiger partial charge in [-0.3, -0.25) is 27.9 Å². The van der Waals surface area contributed by atoms with Crippen molar-refractivity contribution >= 4 is 71.5 Å². The Bertz CT molecular complexity index is 2100. The summed E-state index contributed by atoms with van der Waals surface area (Å²) < 4.78 is 50.0. The number of nitrogens with zero attached hydrogens (tertiary/aromatic N) is 5. The molecule has 10 unspecified atom stereocenters. The van der Waals surface area contributed by atoms with Crippen LogP contribution in [0.25, 0.3) is 22.2 Å². The Hall–Kier alpha value is -2.89. The van der Waals surface area contributed by atoms with Crippen molar-refractivity contribution in [3.63, 3.8) is 0 Å². The molecule has 9 N–H and O–H groups in total. The predicted octanol–water partition coefficient (Wildman–Crippen LogP) is -1.90. The second-order valence-corrected chi connectivity index (χ2v) is 16.3. The van der Waals surface area contributed by atoms with Gasteiger partial charge in [0, 0.05) is 0 Å². The number of aromatic nitrogens is 7. The number of hydrogen-bond donors (Lipinski definition) is 7. The topological polar surface area (TPSA) is 298 Å². The lowest BCUT2D eigenvalue weighted by molar-refractivity contribution is -0.358. The van der Waals surface area contributed by atoms with Gasteiger partial charge in [-0.1, -0.05) is 17.2 Å². The highest BCUT2D eigenvalue weighted by Gasteiger charge is 2.53. The summed E-state index contributed by atoms with van der Waals surface area (Å²) in [6, 6.07) is 2.86. The van der Waals surface area contributed by atoms with E-state index in [0.29, 0.717) is 0 Å². The summed E-state index contributed by atoms with van der Waals surface area (Å²) in [7, 11) is 0. The monoisotopic (exact) mass is 734 g/mol. The van der Waals surface area contributed by atoms with E-state index in [9.17, 15) is 29.3 Å². The maximum absolute atomic E-state index is 13.6. The first-order valence-corrected chi connectivity index (χ1v) is 18.9. The van der Waals surface area contributed by atoms with E-state index in [4.69, 9.17) is 50.8 Å². The summed E-state index contributed by atoms with van der Waals surface area (Å²) in [5, 5.41) is 22.5. The summed E-state index contributed by atoms with van der Waals surface area (Å²) in [4.78, 5) is 53.9. The lowest BCUT2D eigenvalue weighted by atomic mass is 10.1. The van der Waals surface area contributed by atoms with E-state index < -0.39 is 86.9 Å². The Balaban J connectivity index is 1.21. The largest absolute Gasteiger partial charge is 0.387 e. The second-order valence-electron chi connectivity index (χ2n) is 10.7. The molecular weight excluding hydrogens is 708 g/mol. The fourth-order valence-electron chi connectivity index (χ4n) is 5.51. The van der Waals surface area contributed by atoms with Crippen LogP contribution in [0.4, 0.5) is 11.8 Å². The lowest BCUT2D eigenvalue weighted by Crippen LogP contribution is -2.38. The average molecular weight is 735 g/mol. The molecule has 4 aromatic rings. The number of aliphatic hydroxyl groups is 2. The van der Waals surface area contributed by atoms with E-state index >= 15 is 0 Å². The van der Waals surface area contributed by atoms with Gasteiger partial charge in [-0.2, -0.15) is 4.98 Å². The minimum absolute atomic E-state index is 0.0482. The van der Waals surface area contributed by atoms with Crippen LogP contribution >= 0.6 is 25.8 Å². The maximum Gasteiger partial charge on any atom is 0.386 e. The summed E-state index contributed by atoms with van der Waals surface area (Å²) >= 11 is 9.26. The number of nitrogen functional groups attached to an aromatic ring is 2. The standard InChI is InChI=1S/C22H25N9O12P2S2/c23-10-2-1-7-16(27-10)26-6-31(19(7)35)20-13(33)14-9(41-20)4-39-45(37,47)43-15-12(32)8(3-38-44(36,46)42-14)40-21(15)30-5-25-11-17(30)28-22(24)29-18(11)34/h1-2,5-6,8-9,12-15,20-21,32-33H,3-4H2,(H2,23,27)(H,36,46)(H,37,47)(H3,24,28,29,34)/p+1. The molecule has 3 fully saturated rings. The molecule has 7 rings (SSSR count). The summed E-state index contributed by atoms with van der Waals surface area (Å²) in [6.07, 6.45) is -9.25. The molecule has 3 saturated heterocycles. The lowest BCUT2D eigenvalue weighted by Gasteiger charge is -2.27. The van der Waals surface area contributed by atoms with E-state index in [1.54, 1.807) is 0 Å². The molecule has 25 heteroatoms. The van der Waals surface area contributed by atoms with E-state index in [2.05, 4.69) is 37.2 Å². The van der Waals surface area contributed by atoms with E-state index in [1.807, 2.05) is 0 Å². The minimum Gasteiger partial charge on any atom is -0.387 e. The molecule has 0 amide bonds. The van der Waals surface area contributed by atoms with Crippen LogP contribution < -0.4 is 27.6 Å². The molecule has 252 valence electrons. The Kier molecular flexibility index (Phi) is 8.27. The van der Waals surface area contributed by atoms with Crippen molar-refractivity contribution in [3.05, 3.63) is 45.5 Å². The van der Waals surface area contributed by atoms with Gasteiger partial charge in [0.25, 0.3) is 11.2 Å². The number of thiol groups is 1. The van der Waals surface area contributed by atoms with Crippen LogP contribution in [0.3, 0.4) is 0 Å². The number of fused-ring (bicyclic) bond motifs is 5. The van der Waals surface area contributed by atoms with Crippen molar-refractivity contribution in [2.45, 2.75) is 49.1 Å². The maximum atomic E-state index is 13.6. The molecule has 0 aliphatic carbocycles. The zero-order chi connectivity index (χ0) is 33.4. The Labute approximate surface area is 271 Å². The summed E-state index contributed by atoms with van der Waals surface area (Å²) in [5.41, 5.74) is 10.2. The van der Waals surface area contributed by atoms with Crippen LogP contribution in [0, 0.1) is 0 Å². The second kappa shape index (κ2) is 11.9. The molecule has 4 aromatic heterocycles. The fraction of sp³-hybridized carbons (Fsp3) is 0.455. The van der Waals surface area contributed by atoms with Gasteiger partial charge in [0.05, 0.1) is 19.5 Å². The Morgan fingerprint density at radius 1 is 1.02 bits per heavy atom. The molecule has 0 aromatic carbocycles. The number of rotatable bonds is 2. The van der Waals surface area contributed by atoms with Crippen LogP contribution in [0.2, 0.25) is 0 Å². The van der Waals surface area contributed by atoms with Gasteiger partial charge >= 0.3 is 19.1 Å². The van der Waals surface area contributed by atoms with Crippen molar-refractivity contribution in [1.29, 1.82) is 0 Å². The molecule has 21 nitrogen and oxygen atoms in total. The first-order valence-electron chi connectivity index (χ1n) is 13.6. The molecule has 2 bridgehead atoms. The number of aliphatic hydroxyl groups excluding tert-OH is 2. The highest BCUT2D eigenvalue weighted by Crippen LogP contribution is 2.58. The summed E-state index contributed by atoms with van der Waals surface area (Å²) in [5.74, 6) is -0.0675. The van der Waals surface area contributed by atoms with E-state index in [0.717, 1.165) is 4.57 Å². The van der Waals surface area contributed by atoms with Crippen LogP contribution in [0.5, 0.6) is 0 Å². The molecule has 10 atom stereocenters. The molecule has 0 spiro atoms. The van der Waals surface area contributed by atoms with Gasteiger partial charge in [-0.25, -0.2) is 23.9 Å². The number of pyridine rings is 1. The third kappa shape index (κ3) is 6.01. The number of hydrogen-bond acceptors (Lipinski definition) is 17. The van der Waals surface area contributed by atoms with Crippen molar-refractivity contribution in [2.24, 2.45) is 0 Å². The molecule has 47 heavy (non-hydrogen) atoms. The third-order valence-corrected chi connectivity index (χ3v) is 10.8. The first-order chi connectivity index (χ1) is 22.2. The van der Waals surface area contributed by atoms with Crippen LogP contribution in [0.1, 0.15) is 12.5 Å². The molecule has 0 saturated carbocycles. The van der Waals surface area contributed by atoms with Crippen molar-refractivity contribution in [2.75, 3.05) is 24.7 Å². The Morgan fingerprint density at radius 2 is 1.77 bits per heavy atom. The number of anilines is 2. The first kappa shape index (κ1) is 32.6. The number of aromatic amines is 2. The average Bonchev–Trinajstić information content (AvgIpc) is 3.64. The quantitative estimate of drug-likeness (QED) is 0.0874. The van der Waals surface area contributed by atoms with Crippen molar-refractivity contribution in [3.8, 4) is 0 Å². The third-order valence-electron chi connectivity index (χ3n) is 7.66. The zero-order valence-corrected chi connectivity index (χ0v) is 27.0. The number of imidazole rings is 1. The van der Waals surface area contributed by atoms with Gasteiger partial charge in [0.2, 0.25) is 18.0 Å². The normalized spacial score (nSPS) is 36.5. The number of nitrogens with one attached hydrogen (secondary N) is 2.